The van der Waals surface area contributed by atoms with Crippen molar-refractivity contribution in [3.63, 3.8) is 0 Å². The van der Waals surface area contributed by atoms with Crippen LogP contribution < -0.4 is 10.5 Å². The zero-order valence-electron chi connectivity index (χ0n) is 9.75. The normalized spacial score (nSPS) is 10.5. The maximum Gasteiger partial charge on any atom is 0.195 e. The van der Waals surface area contributed by atoms with Gasteiger partial charge >= 0.3 is 0 Å². The summed E-state index contributed by atoms with van der Waals surface area (Å²) in [4.78, 5) is 0.923. The van der Waals surface area contributed by atoms with Gasteiger partial charge in [-0.2, -0.15) is 0 Å². The van der Waals surface area contributed by atoms with E-state index in [1.165, 1.54) is 11.8 Å². The number of rotatable bonds is 4. The van der Waals surface area contributed by atoms with Crippen LogP contribution in [0, 0.1) is 0 Å². The molecule has 0 atom stereocenters. The molecule has 17 heavy (non-hydrogen) atoms. The highest BCUT2D eigenvalue weighted by molar-refractivity contribution is 7.99. The SMILES string of the molecule is CCOc1cccc(Sc2nncn2C)c1N. The first-order valence-corrected chi connectivity index (χ1v) is 6.07. The molecule has 0 saturated heterocycles. The number of nitrogens with zero attached hydrogens (tertiary/aromatic N) is 3. The Morgan fingerprint density at radius 3 is 2.94 bits per heavy atom. The van der Waals surface area contributed by atoms with Crippen LogP contribution >= 0.6 is 11.8 Å². The fourth-order valence-electron chi connectivity index (χ4n) is 1.36. The van der Waals surface area contributed by atoms with Crippen molar-refractivity contribution in [1.82, 2.24) is 14.8 Å². The van der Waals surface area contributed by atoms with Gasteiger partial charge in [-0.25, -0.2) is 0 Å². The van der Waals surface area contributed by atoms with Crippen molar-refractivity contribution in [3.8, 4) is 5.75 Å². The summed E-state index contributed by atoms with van der Waals surface area (Å²) in [6.07, 6.45) is 1.66. The number of benzene rings is 1. The summed E-state index contributed by atoms with van der Waals surface area (Å²) in [5, 5.41) is 8.63. The Balaban J connectivity index is 2.27. The number of nitrogens with two attached hydrogens (primary N) is 1. The van der Waals surface area contributed by atoms with Gasteiger partial charge in [-0.3, -0.25) is 0 Å². The Bertz CT molecular complexity index is 512. The minimum atomic E-state index is 0.599. The molecular weight excluding hydrogens is 236 g/mol. The van der Waals surface area contributed by atoms with E-state index < -0.39 is 0 Å². The minimum absolute atomic E-state index is 0.599. The Labute approximate surface area is 104 Å². The summed E-state index contributed by atoms with van der Waals surface area (Å²) in [7, 11) is 1.89. The predicted molar refractivity (Wildman–Crippen MR) is 67.1 cm³/mol. The first-order chi connectivity index (χ1) is 8.22. The molecule has 2 N–H and O–H groups in total. The van der Waals surface area contributed by atoms with Crippen molar-refractivity contribution in [2.45, 2.75) is 17.0 Å². The molecule has 0 aliphatic rings. The van der Waals surface area contributed by atoms with Gasteiger partial charge in [0.2, 0.25) is 0 Å². The summed E-state index contributed by atoms with van der Waals surface area (Å²) in [5.74, 6) is 0.708. The number of hydrogen-bond acceptors (Lipinski definition) is 5. The second kappa shape index (κ2) is 5.09. The molecular formula is C11H14N4OS. The molecule has 0 fully saturated rings. The summed E-state index contributed by atoms with van der Waals surface area (Å²) >= 11 is 1.47. The molecule has 2 aromatic rings. The maximum absolute atomic E-state index is 6.03. The smallest absolute Gasteiger partial charge is 0.195 e. The molecule has 0 saturated carbocycles. The molecule has 0 spiro atoms. The van der Waals surface area contributed by atoms with Crippen LogP contribution in [0.3, 0.4) is 0 Å². The van der Waals surface area contributed by atoms with Gasteiger partial charge in [0.25, 0.3) is 0 Å². The van der Waals surface area contributed by atoms with Gasteiger partial charge in [-0.1, -0.05) is 6.07 Å². The van der Waals surface area contributed by atoms with E-state index in [4.69, 9.17) is 10.5 Å². The van der Waals surface area contributed by atoms with Crippen molar-refractivity contribution in [3.05, 3.63) is 24.5 Å². The van der Waals surface area contributed by atoms with Crippen LogP contribution in [0.4, 0.5) is 5.69 Å². The summed E-state index contributed by atoms with van der Waals surface area (Å²) in [6.45, 7) is 2.53. The molecule has 6 heteroatoms. The third-order valence-corrected chi connectivity index (χ3v) is 3.33. The Morgan fingerprint density at radius 1 is 1.47 bits per heavy atom. The van der Waals surface area contributed by atoms with Gasteiger partial charge < -0.3 is 15.0 Å². The predicted octanol–water partition coefficient (Wildman–Crippen LogP) is 1.95. The Morgan fingerprint density at radius 2 is 2.29 bits per heavy atom. The maximum atomic E-state index is 6.03. The second-order valence-corrected chi connectivity index (χ2v) is 4.44. The lowest BCUT2D eigenvalue weighted by Crippen LogP contribution is -1.98. The average Bonchev–Trinajstić information content (AvgIpc) is 2.70. The molecule has 0 aliphatic carbocycles. The van der Waals surface area contributed by atoms with Gasteiger partial charge in [0, 0.05) is 11.9 Å². The van der Waals surface area contributed by atoms with Crippen LogP contribution in [-0.4, -0.2) is 21.4 Å². The molecule has 90 valence electrons. The topological polar surface area (TPSA) is 66.0 Å². The third kappa shape index (κ3) is 2.52. The van der Waals surface area contributed by atoms with Crippen LogP contribution in [0.5, 0.6) is 5.75 Å². The summed E-state index contributed by atoms with van der Waals surface area (Å²) in [5.41, 5.74) is 6.67. The lowest BCUT2D eigenvalue weighted by Gasteiger charge is -2.10. The van der Waals surface area contributed by atoms with E-state index in [-0.39, 0.29) is 0 Å². The Kier molecular flexibility index (Phi) is 3.53. The number of ether oxygens (including phenoxy) is 1. The molecule has 0 bridgehead atoms. The van der Waals surface area contributed by atoms with Gasteiger partial charge in [0.15, 0.2) is 5.16 Å². The highest BCUT2D eigenvalue weighted by atomic mass is 32.2. The number of para-hydroxylation sites is 1. The quantitative estimate of drug-likeness (QED) is 0.840. The van der Waals surface area contributed by atoms with E-state index in [9.17, 15) is 0 Å². The third-order valence-electron chi connectivity index (χ3n) is 2.20. The van der Waals surface area contributed by atoms with Crippen LogP contribution in [0.15, 0.2) is 34.6 Å². The largest absolute Gasteiger partial charge is 0.492 e. The summed E-state index contributed by atoms with van der Waals surface area (Å²) < 4.78 is 7.29. The van der Waals surface area contributed by atoms with Crippen molar-refractivity contribution in [2.75, 3.05) is 12.3 Å². The zero-order chi connectivity index (χ0) is 12.3. The van der Waals surface area contributed by atoms with Crippen LogP contribution in [0.1, 0.15) is 6.92 Å². The molecule has 2 rings (SSSR count). The molecule has 0 aliphatic heterocycles. The van der Waals surface area contributed by atoms with Crippen LogP contribution in [0.2, 0.25) is 0 Å². The highest BCUT2D eigenvalue weighted by Gasteiger charge is 2.10. The van der Waals surface area contributed by atoms with Crippen molar-refractivity contribution >= 4 is 17.4 Å². The van der Waals surface area contributed by atoms with E-state index in [1.807, 2.05) is 36.7 Å². The van der Waals surface area contributed by atoms with Crippen molar-refractivity contribution < 1.29 is 4.74 Å². The first-order valence-electron chi connectivity index (χ1n) is 5.25. The van der Waals surface area contributed by atoms with E-state index in [0.29, 0.717) is 18.0 Å². The van der Waals surface area contributed by atoms with E-state index in [1.54, 1.807) is 6.33 Å². The van der Waals surface area contributed by atoms with Gasteiger partial charge in [-0.05, 0) is 30.8 Å². The number of aromatic nitrogens is 3. The second-order valence-electron chi connectivity index (χ2n) is 3.43. The lowest BCUT2D eigenvalue weighted by atomic mass is 10.3. The van der Waals surface area contributed by atoms with Gasteiger partial charge in [-0.15, -0.1) is 10.2 Å². The fraction of sp³-hybridized carbons (Fsp3) is 0.273. The molecule has 0 unspecified atom stereocenters. The number of hydrogen-bond donors (Lipinski definition) is 1. The average molecular weight is 250 g/mol. The minimum Gasteiger partial charge on any atom is -0.492 e. The van der Waals surface area contributed by atoms with Crippen molar-refractivity contribution in [2.24, 2.45) is 7.05 Å². The highest BCUT2D eigenvalue weighted by Crippen LogP contribution is 2.35. The molecule has 1 aromatic heterocycles. The Hall–Kier alpha value is -1.69. The van der Waals surface area contributed by atoms with Crippen LogP contribution in [0.25, 0.3) is 0 Å². The molecule has 5 nitrogen and oxygen atoms in total. The lowest BCUT2D eigenvalue weighted by molar-refractivity contribution is 0.341. The number of nitrogen functional groups attached to an aromatic ring is 1. The molecule has 0 amide bonds. The van der Waals surface area contributed by atoms with E-state index in [0.717, 1.165) is 10.1 Å². The molecule has 1 aromatic carbocycles. The van der Waals surface area contributed by atoms with Gasteiger partial charge in [0.05, 0.1) is 12.3 Å². The monoisotopic (exact) mass is 250 g/mol. The standard InChI is InChI=1S/C11H14N4OS/c1-3-16-8-5-4-6-9(10(8)12)17-11-14-13-7-15(11)2/h4-7H,3,12H2,1-2H3. The first kappa shape index (κ1) is 11.8. The molecule has 1 heterocycles. The number of aryl methyl sites for hydroxylation is 1. The van der Waals surface area contributed by atoms with Crippen molar-refractivity contribution in [1.29, 1.82) is 0 Å². The van der Waals surface area contributed by atoms with E-state index in [2.05, 4.69) is 10.2 Å². The zero-order valence-corrected chi connectivity index (χ0v) is 10.6. The molecule has 0 radical (unpaired) electrons. The van der Waals surface area contributed by atoms with Gasteiger partial charge in [0.1, 0.15) is 12.1 Å². The fourth-order valence-corrected chi connectivity index (χ4v) is 2.19. The summed E-state index contributed by atoms with van der Waals surface area (Å²) in [6, 6.07) is 5.72. The van der Waals surface area contributed by atoms with Crippen LogP contribution in [-0.2, 0) is 7.05 Å². The van der Waals surface area contributed by atoms with E-state index >= 15 is 0 Å². The number of anilines is 1.